The first-order valence-corrected chi connectivity index (χ1v) is 5.38. The summed E-state index contributed by atoms with van der Waals surface area (Å²) in [5.74, 6) is 1.42. The van der Waals surface area contributed by atoms with Crippen LogP contribution in [0.4, 0.5) is 0 Å². The second-order valence-electron chi connectivity index (χ2n) is 4.29. The zero-order chi connectivity index (χ0) is 11.8. The molecule has 0 spiro atoms. The van der Waals surface area contributed by atoms with E-state index in [9.17, 15) is 5.11 Å². The smallest absolute Gasteiger partial charge is 0.161 e. The van der Waals surface area contributed by atoms with Crippen LogP contribution in [0.1, 0.15) is 18.1 Å². The molecule has 1 aliphatic heterocycles. The highest BCUT2D eigenvalue weighted by molar-refractivity contribution is 5.49. The van der Waals surface area contributed by atoms with Gasteiger partial charge in [-0.25, -0.2) is 0 Å². The van der Waals surface area contributed by atoms with Gasteiger partial charge in [0.15, 0.2) is 11.5 Å². The van der Waals surface area contributed by atoms with Crippen molar-refractivity contribution < 1.29 is 14.6 Å². The van der Waals surface area contributed by atoms with Gasteiger partial charge in [-0.05, 0) is 37.1 Å². The standard InChI is InChI=1S/C12H17NO3/c1-8-5-10-11(16-4-3-15-10)6-9(8)12(2,14)7-13/h5-6,14H,3-4,7,13H2,1-2H3. The zero-order valence-corrected chi connectivity index (χ0v) is 9.62. The van der Waals surface area contributed by atoms with Crippen LogP contribution in [0.15, 0.2) is 12.1 Å². The molecule has 3 N–H and O–H groups in total. The number of rotatable bonds is 2. The molecular weight excluding hydrogens is 206 g/mol. The van der Waals surface area contributed by atoms with Gasteiger partial charge in [0.25, 0.3) is 0 Å². The van der Waals surface area contributed by atoms with Gasteiger partial charge in [-0.2, -0.15) is 0 Å². The molecule has 2 rings (SSSR count). The summed E-state index contributed by atoms with van der Waals surface area (Å²) in [6.45, 7) is 4.91. The molecule has 4 nitrogen and oxygen atoms in total. The largest absolute Gasteiger partial charge is 0.486 e. The summed E-state index contributed by atoms with van der Waals surface area (Å²) in [7, 11) is 0. The summed E-state index contributed by atoms with van der Waals surface area (Å²) >= 11 is 0. The lowest BCUT2D eigenvalue weighted by molar-refractivity contribution is 0.0653. The summed E-state index contributed by atoms with van der Waals surface area (Å²) in [4.78, 5) is 0. The van der Waals surface area contributed by atoms with E-state index < -0.39 is 5.60 Å². The minimum absolute atomic E-state index is 0.174. The molecular formula is C12H17NO3. The van der Waals surface area contributed by atoms with E-state index in [0.717, 1.165) is 16.9 Å². The van der Waals surface area contributed by atoms with Gasteiger partial charge in [-0.15, -0.1) is 0 Å². The summed E-state index contributed by atoms with van der Waals surface area (Å²) in [6.07, 6.45) is 0. The average Bonchev–Trinajstić information content (AvgIpc) is 2.28. The Bertz CT molecular complexity index is 401. The normalized spacial score (nSPS) is 18.0. The molecule has 0 bridgehead atoms. The number of aryl methyl sites for hydroxylation is 1. The molecule has 1 unspecified atom stereocenters. The quantitative estimate of drug-likeness (QED) is 0.783. The van der Waals surface area contributed by atoms with Crippen LogP contribution in [-0.2, 0) is 5.60 Å². The summed E-state index contributed by atoms with van der Waals surface area (Å²) in [5.41, 5.74) is 6.28. The van der Waals surface area contributed by atoms with Gasteiger partial charge in [0.1, 0.15) is 13.2 Å². The van der Waals surface area contributed by atoms with Crippen molar-refractivity contribution in [2.75, 3.05) is 19.8 Å². The van der Waals surface area contributed by atoms with E-state index in [1.807, 2.05) is 19.1 Å². The van der Waals surface area contributed by atoms with E-state index in [0.29, 0.717) is 19.0 Å². The number of ether oxygens (including phenoxy) is 2. The molecule has 0 saturated carbocycles. The lowest BCUT2D eigenvalue weighted by atomic mass is 9.91. The monoisotopic (exact) mass is 223 g/mol. The first-order chi connectivity index (χ1) is 7.54. The van der Waals surface area contributed by atoms with E-state index in [2.05, 4.69) is 0 Å². The molecule has 4 heteroatoms. The van der Waals surface area contributed by atoms with E-state index >= 15 is 0 Å². The van der Waals surface area contributed by atoms with Crippen LogP contribution in [0.25, 0.3) is 0 Å². The number of fused-ring (bicyclic) bond motifs is 1. The van der Waals surface area contributed by atoms with Crippen molar-refractivity contribution in [3.8, 4) is 11.5 Å². The molecule has 0 fully saturated rings. The highest BCUT2D eigenvalue weighted by atomic mass is 16.6. The van der Waals surface area contributed by atoms with Gasteiger partial charge >= 0.3 is 0 Å². The molecule has 1 heterocycles. The van der Waals surface area contributed by atoms with Crippen LogP contribution >= 0.6 is 0 Å². The highest BCUT2D eigenvalue weighted by Gasteiger charge is 2.26. The van der Waals surface area contributed by atoms with Crippen molar-refractivity contribution in [3.63, 3.8) is 0 Å². The second kappa shape index (κ2) is 3.96. The van der Waals surface area contributed by atoms with Gasteiger partial charge < -0.3 is 20.3 Å². The molecule has 0 aliphatic carbocycles. The third-order valence-electron chi connectivity index (χ3n) is 2.87. The van der Waals surface area contributed by atoms with Crippen molar-refractivity contribution >= 4 is 0 Å². The van der Waals surface area contributed by atoms with Crippen molar-refractivity contribution in [1.82, 2.24) is 0 Å². The zero-order valence-electron chi connectivity index (χ0n) is 9.62. The van der Waals surface area contributed by atoms with Crippen LogP contribution < -0.4 is 15.2 Å². The van der Waals surface area contributed by atoms with E-state index in [-0.39, 0.29) is 6.54 Å². The third-order valence-corrected chi connectivity index (χ3v) is 2.87. The Kier molecular flexibility index (Phi) is 2.78. The number of hydrogen-bond donors (Lipinski definition) is 2. The van der Waals surface area contributed by atoms with Crippen LogP contribution in [0.3, 0.4) is 0 Å². The predicted molar refractivity (Wildman–Crippen MR) is 60.8 cm³/mol. The van der Waals surface area contributed by atoms with Gasteiger partial charge in [0.2, 0.25) is 0 Å². The topological polar surface area (TPSA) is 64.7 Å². The summed E-state index contributed by atoms with van der Waals surface area (Å²) in [5, 5.41) is 10.2. The van der Waals surface area contributed by atoms with E-state index in [4.69, 9.17) is 15.2 Å². The van der Waals surface area contributed by atoms with Crippen molar-refractivity contribution in [2.24, 2.45) is 5.73 Å². The minimum Gasteiger partial charge on any atom is -0.486 e. The average molecular weight is 223 g/mol. The van der Waals surface area contributed by atoms with Gasteiger partial charge in [-0.1, -0.05) is 0 Å². The number of nitrogens with two attached hydrogens (primary N) is 1. The van der Waals surface area contributed by atoms with Crippen molar-refractivity contribution in [3.05, 3.63) is 23.3 Å². The molecule has 0 radical (unpaired) electrons. The maximum atomic E-state index is 10.2. The number of hydrogen-bond acceptors (Lipinski definition) is 4. The van der Waals surface area contributed by atoms with Gasteiger partial charge in [0, 0.05) is 6.54 Å². The van der Waals surface area contributed by atoms with Crippen LogP contribution in [0.2, 0.25) is 0 Å². The molecule has 1 aromatic carbocycles. The Morgan fingerprint density at radius 2 is 1.88 bits per heavy atom. The SMILES string of the molecule is Cc1cc2c(cc1C(C)(O)CN)OCCO2. The minimum atomic E-state index is -1.03. The van der Waals surface area contributed by atoms with E-state index in [1.165, 1.54) is 0 Å². The molecule has 1 aromatic rings. The maximum absolute atomic E-state index is 10.2. The Hall–Kier alpha value is -1.26. The van der Waals surface area contributed by atoms with Crippen molar-refractivity contribution in [2.45, 2.75) is 19.4 Å². The number of aliphatic hydroxyl groups is 1. The molecule has 0 amide bonds. The van der Waals surface area contributed by atoms with E-state index in [1.54, 1.807) is 6.92 Å². The highest BCUT2D eigenvalue weighted by Crippen LogP contribution is 2.36. The lowest BCUT2D eigenvalue weighted by Crippen LogP contribution is -2.32. The van der Waals surface area contributed by atoms with Gasteiger partial charge in [-0.3, -0.25) is 0 Å². The van der Waals surface area contributed by atoms with Crippen LogP contribution in [0, 0.1) is 6.92 Å². The van der Waals surface area contributed by atoms with Crippen LogP contribution in [0.5, 0.6) is 11.5 Å². The summed E-state index contributed by atoms with van der Waals surface area (Å²) < 4.78 is 10.9. The first-order valence-electron chi connectivity index (χ1n) is 5.38. The Morgan fingerprint density at radius 3 is 2.44 bits per heavy atom. The van der Waals surface area contributed by atoms with Gasteiger partial charge in [0.05, 0.1) is 5.60 Å². The molecule has 88 valence electrons. The maximum Gasteiger partial charge on any atom is 0.161 e. The molecule has 1 atom stereocenters. The molecule has 0 saturated heterocycles. The third kappa shape index (κ3) is 1.86. The summed E-state index contributed by atoms with van der Waals surface area (Å²) in [6, 6.07) is 3.70. The first kappa shape index (κ1) is 11.2. The fourth-order valence-electron chi connectivity index (χ4n) is 1.88. The Balaban J connectivity index is 2.47. The fourth-order valence-corrected chi connectivity index (χ4v) is 1.88. The molecule has 0 aromatic heterocycles. The second-order valence-corrected chi connectivity index (χ2v) is 4.29. The van der Waals surface area contributed by atoms with Crippen molar-refractivity contribution in [1.29, 1.82) is 0 Å². The number of benzene rings is 1. The Labute approximate surface area is 95.0 Å². The Morgan fingerprint density at radius 1 is 1.31 bits per heavy atom. The predicted octanol–water partition coefficient (Wildman–Crippen LogP) is 0.932. The molecule has 16 heavy (non-hydrogen) atoms. The fraction of sp³-hybridized carbons (Fsp3) is 0.500. The van der Waals surface area contributed by atoms with Crippen LogP contribution in [-0.4, -0.2) is 24.9 Å². The lowest BCUT2D eigenvalue weighted by Gasteiger charge is -2.27. The molecule has 1 aliphatic rings.